The van der Waals surface area contributed by atoms with Crippen LogP contribution < -0.4 is 9.47 Å². The van der Waals surface area contributed by atoms with Gasteiger partial charge in [0.25, 0.3) is 0 Å². The van der Waals surface area contributed by atoms with Gasteiger partial charge >= 0.3 is 0 Å². The van der Waals surface area contributed by atoms with Crippen LogP contribution in [0.2, 0.25) is 0 Å². The average molecular weight is 531 g/mol. The smallest absolute Gasteiger partial charge is 0.165 e. The highest BCUT2D eigenvalue weighted by Crippen LogP contribution is 2.36. The maximum Gasteiger partial charge on any atom is 0.165 e. The number of hydrogen-bond donors (Lipinski definition) is 2. The van der Waals surface area contributed by atoms with Gasteiger partial charge in [-0.2, -0.15) is 0 Å². The molecule has 0 bridgehead atoms. The van der Waals surface area contributed by atoms with E-state index in [1.165, 1.54) is 0 Å². The second-order valence-corrected chi connectivity index (χ2v) is 10.8. The first-order valence-corrected chi connectivity index (χ1v) is 13.9. The van der Waals surface area contributed by atoms with E-state index in [2.05, 4.69) is 0 Å². The molecule has 0 amide bonds. The van der Waals surface area contributed by atoms with Crippen molar-refractivity contribution in [3.63, 3.8) is 0 Å². The van der Waals surface area contributed by atoms with Crippen LogP contribution in [0.15, 0.2) is 107 Å². The van der Waals surface area contributed by atoms with E-state index < -0.39 is 23.4 Å². The maximum absolute atomic E-state index is 14.1. The van der Waals surface area contributed by atoms with Gasteiger partial charge in [-0.1, -0.05) is 72.8 Å². The Labute approximate surface area is 227 Å². The lowest BCUT2D eigenvalue weighted by atomic mass is 10.1. The monoisotopic (exact) mass is 530 g/mol. The second kappa shape index (κ2) is 13.5. The number of hydrogen-bond acceptors (Lipinski definition) is 5. The van der Waals surface area contributed by atoms with Crippen molar-refractivity contribution in [3.8, 4) is 11.5 Å². The zero-order valence-corrected chi connectivity index (χ0v) is 22.6. The van der Waals surface area contributed by atoms with E-state index in [9.17, 15) is 14.8 Å². The van der Waals surface area contributed by atoms with Crippen LogP contribution >= 0.6 is 0 Å². The molecule has 2 N–H and O–H groups in total. The molecule has 0 saturated carbocycles. The molecule has 0 spiro atoms. The molecular formula is C32H34O5S. The molecule has 4 rings (SSSR count). The van der Waals surface area contributed by atoms with Crippen LogP contribution in [0.1, 0.15) is 36.1 Å². The molecule has 5 nitrogen and oxygen atoms in total. The highest BCUT2D eigenvalue weighted by molar-refractivity contribution is 7.91. The molecule has 0 radical (unpaired) electrons. The standard InChI is InChI=1S/C32H34O5S/c1-23(33)19-27-29(36-21-25-11-5-3-6-12-25)15-9-17-31(27)38(35)32-18-10-16-30(28(32)20-24(2)34)37-22-26-13-7-4-8-14-26/h3-18,23-24,33-34H,19-22H2,1-2H3/t23-,24-/m0/s1. The number of rotatable bonds is 12. The summed E-state index contributed by atoms with van der Waals surface area (Å²) in [5.74, 6) is 1.18. The zero-order valence-electron chi connectivity index (χ0n) is 21.7. The summed E-state index contributed by atoms with van der Waals surface area (Å²) in [7, 11) is 0. The zero-order chi connectivity index (χ0) is 26.9. The van der Waals surface area contributed by atoms with E-state index in [1.54, 1.807) is 13.8 Å². The van der Waals surface area contributed by atoms with Gasteiger partial charge in [-0.15, -0.1) is 0 Å². The van der Waals surface area contributed by atoms with E-state index >= 15 is 0 Å². The molecule has 198 valence electrons. The lowest BCUT2D eigenvalue weighted by Crippen LogP contribution is -2.16. The van der Waals surface area contributed by atoms with Crippen LogP contribution in [0, 0.1) is 0 Å². The third-order valence-electron chi connectivity index (χ3n) is 6.05. The van der Waals surface area contributed by atoms with Gasteiger partial charge in [0.05, 0.1) is 23.3 Å². The van der Waals surface area contributed by atoms with Crippen LogP contribution in [0.4, 0.5) is 0 Å². The van der Waals surface area contributed by atoms with Crippen molar-refractivity contribution in [1.29, 1.82) is 0 Å². The van der Waals surface area contributed by atoms with Gasteiger partial charge in [0, 0.05) is 24.0 Å². The summed E-state index contributed by atoms with van der Waals surface area (Å²) in [6, 6.07) is 30.6. The van der Waals surface area contributed by atoms with Gasteiger partial charge in [-0.3, -0.25) is 0 Å². The lowest BCUT2D eigenvalue weighted by molar-refractivity contribution is 0.192. The molecule has 0 aliphatic heterocycles. The normalized spacial score (nSPS) is 12.8. The van der Waals surface area contributed by atoms with Gasteiger partial charge in [0.15, 0.2) is 9.79 Å². The van der Waals surface area contributed by atoms with Crippen LogP contribution in [0.25, 0.3) is 0 Å². The van der Waals surface area contributed by atoms with E-state index in [1.807, 2.05) is 97.1 Å². The Kier molecular flexibility index (Phi) is 9.85. The first-order chi connectivity index (χ1) is 18.4. The molecule has 4 aromatic carbocycles. The van der Waals surface area contributed by atoms with E-state index in [4.69, 9.17) is 9.47 Å². The van der Waals surface area contributed by atoms with Crippen molar-refractivity contribution in [2.24, 2.45) is 0 Å². The summed E-state index contributed by atoms with van der Waals surface area (Å²) in [6.07, 6.45) is -0.710. The number of ether oxygens (including phenoxy) is 2. The molecule has 0 unspecified atom stereocenters. The van der Waals surface area contributed by atoms with Gasteiger partial charge < -0.3 is 24.2 Å². The predicted molar refractivity (Wildman–Crippen MR) is 150 cm³/mol. The quantitative estimate of drug-likeness (QED) is 0.224. The Morgan fingerprint density at radius 1 is 0.605 bits per heavy atom. The summed E-state index contributed by atoms with van der Waals surface area (Å²) in [5.41, 5.74) is 3.44. The summed E-state index contributed by atoms with van der Waals surface area (Å²) >= 11 is -1.60. The molecule has 0 aliphatic carbocycles. The minimum absolute atomic E-state index is 0.294. The van der Waals surface area contributed by atoms with Crippen molar-refractivity contribution in [2.45, 2.75) is 61.9 Å². The van der Waals surface area contributed by atoms with E-state index in [0.717, 1.165) is 11.1 Å². The summed E-state index contributed by atoms with van der Waals surface area (Å²) in [5, 5.41) is 20.6. The first kappa shape index (κ1) is 27.7. The van der Waals surface area contributed by atoms with Crippen LogP contribution in [-0.4, -0.2) is 27.0 Å². The van der Waals surface area contributed by atoms with E-state index in [-0.39, 0.29) is 0 Å². The molecule has 0 heterocycles. The topological polar surface area (TPSA) is 82.0 Å². The summed E-state index contributed by atoms with van der Waals surface area (Å²) < 4.78 is 26.4. The molecule has 2 atom stereocenters. The molecule has 0 fully saturated rings. The average Bonchev–Trinajstić information content (AvgIpc) is 2.92. The predicted octanol–water partition coefficient (Wildman–Crippen LogP) is 5.86. The Balaban J connectivity index is 1.68. The molecule has 6 heteroatoms. The van der Waals surface area contributed by atoms with Crippen LogP contribution in [0.5, 0.6) is 11.5 Å². The fraction of sp³-hybridized carbons (Fsp3) is 0.250. The van der Waals surface area contributed by atoms with Crippen molar-refractivity contribution in [3.05, 3.63) is 119 Å². The summed E-state index contributed by atoms with van der Waals surface area (Å²) in [4.78, 5) is 1.15. The highest BCUT2D eigenvalue weighted by Gasteiger charge is 2.28. The Morgan fingerprint density at radius 2 is 1.00 bits per heavy atom. The van der Waals surface area contributed by atoms with Crippen molar-refractivity contribution < 1.29 is 24.2 Å². The number of aliphatic hydroxyl groups is 2. The fourth-order valence-electron chi connectivity index (χ4n) is 4.29. The van der Waals surface area contributed by atoms with Crippen molar-refractivity contribution >= 4 is 11.2 Å². The molecule has 0 aliphatic rings. The summed E-state index contributed by atoms with van der Waals surface area (Å²) in [6.45, 7) is 4.13. The number of aliphatic hydroxyl groups excluding tert-OH is 2. The third kappa shape index (κ3) is 7.39. The minimum atomic E-state index is -1.60. The molecule has 0 aromatic heterocycles. The van der Waals surface area contributed by atoms with Gasteiger partial charge in [0.1, 0.15) is 24.7 Å². The fourth-order valence-corrected chi connectivity index (χ4v) is 5.75. The van der Waals surface area contributed by atoms with Gasteiger partial charge in [0.2, 0.25) is 0 Å². The van der Waals surface area contributed by atoms with Gasteiger partial charge in [-0.05, 0) is 49.2 Å². The van der Waals surface area contributed by atoms with Crippen LogP contribution in [-0.2, 0) is 37.2 Å². The van der Waals surface area contributed by atoms with Crippen LogP contribution in [0.3, 0.4) is 0 Å². The van der Waals surface area contributed by atoms with E-state index in [0.29, 0.717) is 58.5 Å². The SMILES string of the molecule is C[C@H](O)Cc1c(OCc2ccccc2)cccc1[S+]([O-])c1cccc(OCc2ccccc2)c1C[C@H](C)O. The van der Waals surface area contributed by atoms with Crippen molar-refractivity contribution in [2.75, 3.05) is 0 Å². The highest BCUT2D eigenvalue weighted by atomic mass is 32.2. The molecule has 38 heavy (non-hydrogen) atoms. The Bertz CT molecular complexity index is 1190. The lowest BCUT2D eigenvalue weighted by Gasteiger charge is -2.21. The second-order valence-electron chi connectivity index (χ2n) is 9.39. The molecule has 4 aromatic rings. The van der Waals surface area contributed by atoms with Crippen molar-refractivity contribution in [1.82, 2.24) is 0 Å². The minimum Gasteiger partial charge on any atom is -0.606 e. The Morgan fingerprint density at radius 3 is 1.37 bits per heavy atom. The maximum atomic E-state index is 14.1. The molecule has 0 saturated heterocycles. The Hall–Kier alpha value is -3.29. The number of benzene rings is 4. The molecular weight excluding hydrogens is 496 g/mol. The first-order valence-electron chi connectivity index (χ1n) is 12.8. The largest absolute Gasteiger partial charge is 0.606 e. The van der Waals surface area contributed by atoms with Gasteiger partial charge in [-0.25, -0.2) is 0 Å². The third-order valence-corrected chi connectivity index (χ3v) is 7.62.